The van der Waals surface area contributed by atoms with Crippen LogP contribution < -0.4 is 15.0 Å². The van der Waals surface area contributed by atoms with Crippen molar-refractivity contribution in [3.05, 3.63) is 54.1 Å². The first-order valence-electron chi connectivity index (χ1n) is 11.6. The van der Waals surface area contributed by atoms with E-state index in [9.17, 15) is 14.4 Å². The third-order valence-corrected chi connectivity index (χ3v) is 6.68. The van der Waals surface area contributed by atoms with Gasteiger partial charge in [-0.25, -0.2) is 0 Å². The molecular weight excluding hydrogens is 418 g/mol. The zero-order valence-corrected chi connectivity index (χ0v) is 19.3. The Labute approximate surface area is 194 Å². The fourth-order valence-corrected chi connectivity index (χ4v) is 4.94. The molecule has 2 atom stereocenters. The standard InChI is InChI=1S/C26H31N3O4/c1-28(17-24(30)27-19-11-13-20(33-2)14-12-19)25(31)21-8-4-5-9-22(21)26(32)29-16-15-18-7-3-6-10-23(18)29/h3,6-7,10-14,21-22H,4-5,8-9,15-17H2,1-2H3,(H,27,30). The van der Waals surface area contributed by atoms with Crippen LogP contribution in [-0.2, 0) is 20.8 Å². The summed E-state index contributed by atoms with van der Waals surface area (Å²) in [6.07, 6.45) is 4.09. The van der Waals surface area contributed by atoms with Crippen molar-refractivity contribution in [3.8, 4) is 5.75 Å². The minimum Gasteiger partial charge on any atom is -0.497 e. The van der Waals surface area contributed by atoms with Crippen LogP contribution in [0.1, 0.15) is 31.2 Å². The molecule has 0 bridgehead atoms. The highest BCUT2D eigenvalue weighted by Gasteiger charge is 2.40. The highest BCUT2D eigenvalue weighted by molar-refractivity contribution is 6.00. The van der Waals surface area contributed by atoms with Crippen molar-refractivity contribution >= 4 is 29.1 Å². The molecule has 4 rings (SSSR count). The van der Waals surface area contributed by atoms with Gasteiger partial charge in [0.1, 0.15) is 5.75 Å². The van der Waals surface area contributed by atoms with E-state index in [4.69, 9.17) is 4.74 Å². The Hall–Kier alpha value is -3.35. The Morgan fingerprint density at radius 1 is 1.03 bits per heavy atom. The zero-order valence-electron chi connectivity index (χ0n) is 19.3. The van der Waals surface area contributed by atoms with Gasteiger partial charge in [-0.05, 0) is 55.2 Å². The number of carbonyl (C=O) groups excluding carboxylic acids is 3. The van der Waals surface area contributed by atoms with Crippen molar-refractivity contribution in [1.29, 1.82) is 0 Å². The lowest BCUT2D eigenvalue weighted by atomic mass is 9.77. The van der Waals surface area contributed by atoms with E-state index in [0.717, 1.165) is 24.9 Å². The molecule has 3 amide bonds. The number of methoxy groups -OCH3 is 1. The number of carbonyl (C=O) groups is 3. The third-order valence-electron chi connectivity index (χ3n) is 6.68. The molecule has 2 aliphatic rings. The van der Waals surface area contributed by atoms with Crippen LogP contribution in [-0.4, -0.2) is 49.9 Å². The molecule has 1 heterocycles. The van der Waals surface area contributed by atoms with E-state index in [2.05, 4.69) is 11.4 Å². The van der Waals surface area contributed by atoms with Gasteiger partial charge in [0.2, 0.25) is 17.7 Å². The molecule has 0 spiro atoms. The zero-order chi connectivity index (χ0) is 23.4. The summed E-state index contributed by atoms with van der Waals surface area (Å²) in [7, 11) is 3.22. The monoisotopic (exact) mass is 449 g/mol. The highest BCUT2D eigenvalue weighted by Crippen LogP contribution is 2.36. The fourth-order valence-electron chi connectivity index (χ4n) is 4.94. The number of para-hydroxylation sites is 1. The van der Waals surface area contributed by atoms with Crippen LogP contribution in [0.5, 0.6) is 5.75 Å². The van der Waals surface area contributed by atoms with Gasteiger partial charge >= 0.3 is 0 Å². The number of likely N-dealkylation sites (N-methyl/N-ethyl adjacent to an activating group) is 1. The minimum absolute atomic E-state index is 0.0362. The van der Waals surface area contributed by atoms with Crippen LogP contribution in [0.25, 0.3) is 0 Å². The van der Waals surface area contributed by atoms with E-state index in [1.807, 2.05) is 23.1 Å². The smallest absolute Gasteiger partial charge is 0.243 e. The Bertz CT molecular complexity index is 1020. The Kier molecular flexibility index (Phi) is 6.96. The summed E-state index contributed by atoms with van der Waals surface area (Å²) in [6.45, 7) is 0.602. The third kappa shape index (κ3) is 5.02. The molecule has 0 saturated heterocycles. The van der Waals surface area contributed by atoms with Crippen molar-refractivity contribution < 1.29 is 19.1 Å². The summed E-state index contributed by atoms with van der Waals surface area (Å²) in [5.41, 5.74) is 2.78. The number of rotatable bonds is 6. The molecular formula is C26H31N3O4. The number of anilines is 2. The van der Waals surface area contributed by atoms with E-state index in [0.29, 0.717) is 30.8 Å². The van der Waals surface area contributed by atoms with Crippen LogP contribution in [0.15, 0.2) is 48.5 Å². The van der Waals surface area contributed by atoms with Gasteiger partial charge in [0.25, 0.3) is 0 Å². The lowest BCUT2D eigenvalue weighted by molar-refractivity contribution is -0.143. The topological polar surface area (TPSA) is 79.0 Å². The maximum Gasteiger partial charge on any atom is 0.243 e. The number of fused-ring (bicyclic) bond motifs is 1. The van der Waals surface area contributed by atoms with E-state index >= 15 is 0 Å². The molecule has 7 nitrogen and oxygen atoms in total. The summed E-state index contributed by atoms with van der Waals surface area (Å²) >= 11 is 0. The number of nitrogens with one attached hydrogen (secondary N) is 1. The Morgan fingerprint density at radius 2 is 1.73 bits per heavy atom. The summed E-state index contributed by atoms with van der Waals surface area (Å²) < 4.78 is 5.13. The molecule has 1 fully saturated rings. The van der Waals surface area contributed by atoms with Crippen LogP contribution >= 0.6 is 0 Å². The van der Waals surface area contributed by atoms with Gasteiger partial charge in [-0.1, -0.05) is 31.0 Å². The summed E-state index contributed by atoms with van der Waals surface area (Å²) in [6, 6.07) is 15.0. The van der Waals surface area contributed by atoms with Gasteiger partial charge in [0, 0.05) is 30.9 Å². The molecule has 0 aromatic heterocycles. The predicted molar refractivity (Wildman–Crippen MR) is 127 cm³/mol. The van der Waals surface area contributed by atoms with Crippen LogP contribution in [0.3, 0.4) is 0 Å². The van der Waals surface area contributed by atoms with Gasteiger partial charge in [-0.15, -0.1) is 0 Å². The van der Waals surface area contributed by atoms with E-state index in [1.54, 1.807) is 38.4 Å². The molecule has 0 radical (unpaired) electrons. The lowest BCUT2D eigenvalue weighted by Crippen LogP contribution is -2.47. The number of ether oxygens (including phenoxy) is 1. The first-order valence-corrected chi connectivity index (χ1v) is 11.6. The molecule has 1 aliphatic heterocycles. The molecule has 7 heteroatoms. The van der Waals surface area contributed by atoms with E-state index < -0.39 is 5.92 Å². The van der Waals surface area contributed by atoms with E-state index in [-0.39, 0.29) is 30.2 Å². The molecule has 2 unspecified atom stereocenters. The Balaban J connectivity index is 1.40. The molecule has 174 valence electrons. The first kappa shape index (κ1) is 22.8. The van der Waals surface area contributed by atoms with Crippen molar-refractivity contribution in [2.75, 3.05) is 37.5 Å². The van der Waals surface area contributed by atoms with Gasteiger partial charge in [0.05, 0.1) is 19.6 Å². The van der Waals surface area contributed by atoms with Crippen LogP contribution in [0, 0.1) is 11.8 Å². The number of amides is 3. The highest BCUT2D eigenvalue weighted by atomic mass is 16.5. The average Bonchev–Trinajstić information content (AvgIpc) is 3.27. The molecule has 1 aliphatic carbocycles. The average molecular weight is 450 g/mol. The summed E-state index contributed by atoms with van der Waals surface area (Å²) in [5.74, 6) is -0.404. The fraction of sp³-hybridized carbons (Fsp3) is 0.423. The summed E-state index contributed by atoms with van der Waals surface area (Å²) in [5, 5.41) is 2.81. The first-order chi connectivity index (χ1) is 16.0. The van der Waals surface area contributed by atoms with Gasteiger partial charge < -0.3 is 19.9 Å². The number of hydrogen-bond donors (Lipinski definition) is 1. The van der Waals surface area contributed by atoms with Crippen molar-refractivity contribution in [3.63, 3.8) is 0 Å². The van der Waals surface area contributed by atoms with Gasteiger partial charge in [-0.2, -0.15) is 0 Å². The van der Waals surface area contributed by atoms with Crippen LogP contribution in [0.4, 0.5) is 11.4 Å². The SMILES string of the molecule is COc1ccc(NC(=O)CN(C)C(=O)C2CCCCC2C(=O)N2CCc3ccccc32)cc1. The molecule has 33 heavy (non-hydrogen) atoms. The molecule has 2 aromatic rings. The maximum atomic E-state index is 13.5. The predicted octanol–water partition coefficient (Wildman–Crippen LogP) is 3.49. The minimum atomic E-state index is -0.391. The molecule has 1 saturated carbocycles. The summed E-state index contributed by atoms with van der Waals surface area (Å²) in [4.78, 5) is 42.6. The number of hydrogen-bond acceptors (Lipinski definition) is 4. The second kappa shape index (κ2) is 10.1. The molecule has 2 aromatic carbocycles. The lowest BCUT2D eigenvalue weighted by Gasteiger charge is -2.34. The Morgan fingerprint density at radius 3 is 2.45 bits per heavy atom. The maximum absolute atomic E-state index is 13.5. The molecule has 1 N–H and O–H groups in total. The number of nitrogens with zero attached hydrogens (tertiary/aromatic N) is 2. The van der Waals surface area contributed by atoms with Crippen molar-refractivity contribution in [2.24, 2.45) is 11.8 Å². The van der Waals surface area contributed by atoms with Crippen LogP contribution in [0.2, 0.25) is 0 Å². The van der Waals surface area contributed by atoms with Crippen molar-refractivity contribution in [2.45, 2.75) is 32.1 Å². The van der Waals surface area contributed by atoms with Gasteiger partial charge in [-0.3, -0.25) is 14.4 Å². The van der Waals surface area contributed by atoms with Crippen molar-refractivity contribution in [1.82, 2.24) is 4.90 Å². The normalized spacial score (nSPS) is 19.5. The number of benzene rings is 2. The largest absolute Gasteiger partial charge is 0.497 e. The second-order valence-corrected chi connectivity index (χ2v) is 8.84. The van der Waals surface area contributed by atoms with E-state index in [1.165, 1.54) is 10.5 Å². The van der Waals surface area contributed by atoms with Gasteiger partial charge in [0.15, 0.2) is 0 Å². The quantitative estimate of drug-likeness (QED) is 0.732. The second-order valence-electron chi connectivity index (χ2n) is 8.84.